The number of fused-ring (bicyclic) bond motifs is 12. The summed E-state index contributed by atoms with van der Waals surface area (Å²) in [5.41, 5.74) is 8.43. The van der Waals surface area contributed by atoms with Gasteiger partial charge in [0.2, 0.25) is 8.07 Å². The summed E-state index contributed by atoms with van der Waals surface area (Å²) in [6.45, 7) is 0. The zero-order valence-corrected chi connectivity index (χ0v) is 36.7. The van der Waals surface area contributed by atoms with Crippen molar-refractivity contribution >= 4 is 126 Å². The molecule has 0 saturated heterocycles. The predicted molar refractivity (Wildman–Crippen MR) is 274 cm³/mol. The highest BCUT2D eigenvalue weighted by atomic mass is 32.1. The van der Waals surface area contributed by atoms with E-state index in [-0.39, 0.29) is 0 Å². The lowest BCUT2D eigenvalue weighted by atomic mass is 10.1. The standard InChI is InChI=1S/C58H36N4OSSi/c1-3-17-37(18-4-1)65(38-19-5-2-6-20-38,57-54-44(33-35-59-57)43-25-15-31-51(53(43)63-54)61-47-27-11-7-21-39(47)40-22-8-12-28-48(40)61)58-56-46(34-36-60-58)45-26-16-32-52(55(45)64-56)62-49-29-13-9-23-41(49)42-24-10-14-30-50(42)62/h1-36H. The zero-order valence-electron chi connectivity index (χ0n) is 34.9. The second kappa shape index (κ2) is 13.9. The Bertz CT molecular complexity index is 3820. The van der Waals surface area contributed by atoms with Gasteiger partial charge in [0.05, 0.1) is 53.5 Å². The molecule has 0 N–H and O–H groups in total. The summed E-state index contributed by atoms with van der Waals surface area (Å²) < 4.78 is 14.6. The second-order valence-electron chi connectivity index (χ2n) is 16.8. The summed E-state index contributed by atoms with van der Waals surface area (Å²) >= 11 is 1.84. The van der Waals surface area contributed by atoms with Crippen LogP contribution in [0.5, 0.6) is 0 Å². The molecule has 0 unspecified atom stereocenters. The lowest BCUT2D eigenvalue weighted by molar-refractivity contribution is 0.667. The van der Waals surface area contributed by atoms with Crippen LogP contribution in [0, 0.1) is 0 Å². The number of benzene rings is 8. The average Bonchev–Trinajstić information content (AvgIpc) is 4.14. The molecule has 7 heteroatoms. The number of thiophene rings is 1. The maximum Gasteiger partial charge on any atom is 0.230 e. The van der Waals surface area contributed by atoms with Gasteiger partial charge in [-0.15, -0.1) is 11.3 Å². The van der Waals surface area contributed by atoms with Crippen molar-refractivity contribution in [2.75, 3.05) is 0 Å². The molecule has 5 nitrogen and oxygen atoms in total. The molecule has 0 aliphatic heterocycles. The fourth-order valence-electron chi connectivity index (χ4n) is 10.9. The fourth-order valence-corrected chi connectivity index (χ4v) is 17.3. The maximum absolute atomic E-state index is 7.45. The number of hydrogen-bond donors (Lipinski definition) is 0. The van der Waals surface area contributed by atoms with Crippen molar-refractivity contribution in [2.24, 2.45) is 0 Å². The Kier molecular flexibility index (Phi) is 7.81. The molecule has 0 saturated carbocycles. The van der Waals surface area contributed by atoms with Gasteiger partial charge in [-0.05, 0) is 58.9 Å². The maximum atomic E-state index is 7.45. The Morgan fingerprint density at radius 3 is 1.32 bits per heavy atom. The highest BCUT2D eigenvalue weighted by molar-refractivity contribution is 7.31. The van der Waals surface area contributed by atoms with Crippen LogP contribution in [0.4, 0.5) is 0 Å². The molecule has 0 bridgehead atoms. The van der Waals surface area contributed by atoms with Gasteiger partial charge in [0.1, 0.15) is 0 Å². The number of rotatable bonds is 6. The van der Waals surface area contributed by atoms with Gasteiger partial charge >= 0.3 is 0 Å². The molecule has 304 valence electrons. The van der Waals surface area contributed by atoms with E-state index in [9.17, 15) is 0 Å². The van der Waals surface area contributed by atoms with E-state index in [1.807, 2.05) is 23.7 Å². The van der Waals surface area contributed by atoms with E-state index in [0.29, 0.717) is 0 Å². The zero-order chi connectivity index (χ0) is 42.6. The van der Waals surface area contributed by atoms with E-state index in [1.165, 1.54) is 58.4 Å². The van der Waals surface area contributed by atoms with E-state index >= 15 is 0 Å². The minimum Gasteiger partial charge on any atom is -0.452 e. The van der Waals surface area contributed by atoms with Crippen molar-refractivity contribution in [1.29, 1.82) is 0 Å². The van der Waals surface area contributed by atoms with E-state index in [0.717, 1.165) is 59.7 Å². The summed E-state index contributed by atoms with van der Waals surface area (Å²) in [6.07, 6.45) is 4.00. The molecule has 0 atom stereocenters. The van der Waals surface area contributed by atoms with E-state index in [2.05, 4.69) is 215 Å². The first-order valence-electron chi connectivity index (χ1n) is 22.0. The number of nitrogens with zero attached hydrogens (tertiary/aromatic N) is 4. The van der Waals surface area contributed by atoms with E-state index in [4.69, 9.17) is 14.4 Å². The van der Waals surface area contributed by atoms with Crippen molar-refractivity contribution in [3.05, 3.63) is 219 Å². The quantitative estimate of drug-likeness (QED) is 0.156. The number of hydrogen-bond acceptors (Lipinski definition) is 4. The molecule has 0 amide bonds. The normalized spacial score (nSPS) is 12.3. The van der Waals surface area contributed by atoms with Crippen LogP contribution in [0.1, 0.15) is 0 Å². The minimum absolute atomic E-state index is 0.793. The van der Waals surface area contributed by atoms with Gasteiger partial charge in [-0.1, -0.05) is 158 Å². The van der Waals surface area contributed by atoms with Crippen molar-refractivity contribution in [3.63, 3.8) is 0 Å². The SMILES string of the molecule is c1ccc([Si](c2ccccc2)(c2nccc3c2oc2c(-n4c5ccccc5c5ccccc54)cccc23)c2nccc3c2sc2c(-n4c5ccccc5c5ccccc54)cccc23)cc1. The molecule has 14 rings (SSSR count). The van der Waals surface area contributed by atoms with Crippen LogP contribution < -0.4 is 21.0 Å². The van der Waals surface area contributed by atoms with Gasteiger partial charge < -0.3 is 13.6 Å². The highest BCUT2D eigenvalue weighted by Crippen LogP contribution is 2.42. The molecular weight excluding hydrogens is 829 g/mol. The lowest BCUT2D eigenvalue weighted by Gasteiger charge is -2.32. The molecule has 6 heterocycles. The van der Waals surface area contributed by atoms with Gasteiger partial charge in [-0.3, -0.25) is 9.97 Å². The smallest absolute Gasteiger partial charge is 0.230 e. The van der Waals surface area contributed by atoms with Crippen molar-refractivity contribution in [3.8, 4) is 11.4 Å². The topological polar surface area (TPSA) is 48.8 Å². The van der Waals surface area contributed by atoms with Gasteiger partial charge in [0.25, 0.3) is 0 Å². The van der Waals surface area contributed by atoms with Crippen molar-refractivity contribution in [1.82, 2.24) is 19.1 Å². The van der Waals surface area contributed by atoms with Crippen LogP contribution in [0.2, 0.25) is 0 Å². The highest BCUT2D eigenvalue weighted by Gasteiger charge is 2.48. The molecule has 0 aliphatic rings. The first kappa shape index (κ1) is 36.4. The monoisotopic (exact) mass is 864 g/mol. The molecular formula is C58H36N4OSSi. The number of para-hydroxylation sites is 5. The Labute approximate surface area is 377 Å². The molecule has 8 aromatic carbocycles. The molecule has 6 aromatic heterocycles. The molecule has 0 radical (unpaired) electrons. The van der Waals surface area contributed by atoms with Crippen LogP contribution in [0.15, 0.2) is 223 Å². The van der Waals surface area contributed by atoms with Crippen LogP contribution in [-0.4, -0.2) is 27.2 Å². The van der Waals surface area contributed by atoms with Crippen LogP contribution in [0.3, 0.4) is 0 Å². The van der Waals surface area contributed by atoms with E-state index < -0.39 is 8.07 Å². The summed E-state index contributed by atoms with van der Waals surface area (Å²) in [7, 11) is -3.42. The Balaban J connectivity index is 1.10. The van der Waals surface area contributed by atoms with Crippen molar-refractivity contribution < 1.29 is 4.42 Å². The van der Waals surface area contributed by atoms with Crippen LogP contribution >= 0.6 is 11.3 Å². The summed E-state index contributed by atoms with van der Waals surface area (Å²) in [6, 6.07) is 74.4. The minimum atomic E-state index is -3.42. The third-order valence-corrected chi connectivity index (χ3v) is 19.5. The first-order chi connectivity index (χ1) is 32.3. The van der Waals surface area contributed by atoms with Crippen LogP contribution in [0.25, 0.3) is 97.1 Å². The largest absolute Gasteiger partial charge is 0.452 e. The average molecular weight is 865 g/mol. The number of pyridine rings is 2. The summed E-state index contributed by atoms with van der Waals surface area (Å²) in [4.78, 5) is 11.1. The fraction of sp³-hybridized carbons (Fsp3) is 0. The summed E-state index contributed by atoms with van der Waals surface area (Å²) in [5.74, 6) is 0. The van der Waals surface area contributed by atoms with Gasteiger partial charge in [0, 0.05) is 55.5 Å². The Morgan fingerprint density at radius 1 is 0.338 bits per heavy atom. The summed E-state index contributed by atoms with van der Waals surface area (Å²) in [5, 5.41) is 13.7. The molecule has 65 heavy (non-hydrogen) atoms. The molecule has 14 aromatic rings. The third-order valence-electron chi connectivity index (χ3n) is 13.6. The van der Waals surface area contributed by atoms with E-state index in [1.54, 1.807) is 0 Å². The van der Waals surface area contributed by atoms with Gasteiger partial charge in [-0.2, -0.15) is 0 Å². The number of aromatic nitrogens is 4. The predicted octanol–water partition coefficient (Wildman–Crippen LogP) is 12.3. The van der Waals surface area contributed by atoms with Gasteiger partial charge in [-0.25, -0.2) is 0 Å². The first-order valence-corrected chi connectivity index (χ1v) is 24.8. The second-order valence-corrected chi connectivity index (χ2v) is 21.4. The molecule has 0 aliphatic carbocycles. The molecule has 0 fully saturated rings. The van der Waals surface area contributed by atoms with Crippen molar-refractivity contribution in [2.45, 2.75) is 0 Å². The van der Waals surface area contributed by atoms with Gasteiger partial charge in [0.15, 0.2) is 11.2 Å². The number of furan rings is 1. The third kappa shape index (κ3) is 5.02. The molecule has 0 spiro atoms. The Morgan fingerprint density at radius 2 is 0.754 bits per heavy atom. The Hall–Kier alpha value is -8.10. The van der Waals surface area contributed by atoms with Crippen LogP contribution in [-0.2, 0) is 0 Å². The lowest BCUT2D eigenvalue weighted by Crippen LogP contribution is -2.76.